The summed E-state index contributed by atoms with van der Waals surface area (Å²) in [6, 6.07) is 0. The molecule has 0 saturated heterocycles. The minimum Gasteiger partial charge on any atom is -0.304 e. The SMILES string of the molecule is CCN(CC)CCCN(CC)CC(CBr)C(C)(C)C. The molecule has 3 heteroatoms. The molecule has 2 nitrogen and oxygen atoms in total. The smallest absolute Gasteiger partial charge is 0.00768 e. The normalized spacial score (nSPS) is 14.4. The second-order valence-corrected chi connectivity index (χ2v) is 7.14. The van der Waals surface area contributed by atoms with Gasteiger partial charge >= 0.3 is 0 Å². The quantitative estimate of drug-likeness (QED) is 0.555. The van der Waals surface area contributed by atoms with Gasteiger partial charge in [0.15, 0.2) is 0 Å². The van der Waals surface area contributed by atoms with Crippen molar-refractivity contribution in [2.75, 3.05) is 44.6 Å². The minimum absolute atomic E-state index is 0.385. The van der Waals surface area contributed by atoms with E-state index in [9.17, 15) is 0 Å². The van der Waals surface area contributed by atoms with E-state index in [2.05, 4.69) is 67.3 Å². The van der Waals surface area contributed by atoms with Crippen LogP contribution in [0, 0.1) is 11.3 Å². The fraction of sp³-hybridized carbons (Fsp3) is 1.00. The Hall–Kier alpha value is 0.400. The van der Waals surface area contributed by atoms with E-state index in [-0.39, 0.29) is 0 Å². The molecule has 0 rings (SSSR count). The van der Waals surface area contributed by atoms with Gasteiger partial charge in [-0.3, -0.25) is 0 Å². The molecule has 0 amide bonds. The van der Waals surface area contributed by atoms with Gasteiger partial charge in [-0.15, -0.1) is 0 Å². The predicted octanol–water partition coefficient (Wildman–Crippen LogP) is 4.10. The van der Waals surface area contributed by atoms with Crippen LogP contribution in [0.25, 0.3) is 0 Å². The molecule has 0 saturated carbocycles. The summed E-state index contributed by atoms with van der Waals surface area (Å²) < 4.78 is 0. The van der Waals surface area contributed by atoms with Gasteiger partial charge in [-0.05, 0) is 50.5 Å². The van der Waals surface area contributed by atoms with Crippen molar-refractivity contribution < 1.29 is 0 Å². The van der Waals surface area contributed by atoms with Gasteiger partial charge in [0.05, 0.1) is 0 Å². The molecule has 0 aromatic carbocycles. The third-order valence-corrected chi connectivity index (χ3v) is 4.96. The van der Waals surface area contributed by atoms with Crippen molar-refractivity contribution in [1.29, 1.82) is 0 Å². The molecule has 116 valence electrons. The largest absolute Gasteiger partial charge is 0.304 e. The van der Waals surface area contributed by atoms with Crippen molar-refractivity contribution in [3.63, 3.8) is 0 Å². The lowest BCUT2D eigenvalue weighted by molar-refractivity contribution is 0.163. The van der Waals surface area contributed by atoms with Crippen LogP contribution in [0.3, 0.4) is 0 Å². The van der Waals surface area contributed by atoms with E-state index in [1.165, 1.54) is 39.1 Å². The Morgan fingerprint density at radius 3 is 1.74 bits per heavy atom. The number of alkyl halides is 1. The fourth-order valence-electron chi connectivity index (χ4n) is 2.30. The van der Waals surface area contributed by atoms with Crippen LogP contribution in [0.1, 0.15) is 48.0 Å². The molecule has 0 aromatic rings. The van der Waals surface area contributed by atoms with Gasteiger partial charge < -0.3 is 9.80 Å². The van der Waals surface area contributed by atoms with Crippen molar-refractivity contribution in [2.24, 2.45) is 11.3 Å². The van der Waals surface area contributed by atoms with E-state index in [1.807, 2.05) is 0 Å². The van der Waals surface area contributed by atoms with Crippen molar-refractivity contribution in [1.82, 2.24) is 9.80 Å². The van der Waals surface area contributed by atoms with Crippen molar-refractivity contribution in [3.8, 4) is 0 Å². The molecule has 1 unspecified atom stereocenters. The summed E-state index contributed by atoms with van der Waals surface area (Å²) in [7, 11) is 0. The van der Waals surface area contributed by atoms with Gasteiger partial charge in [0, 0.05) is 11.9 Å². The average molecular weight is 335 g/mol. The zero-order valence-electron chi connectivity index (χ0n) is 14.0. The molecule has 0 spiro atoms. The first-order valence-corrected chi connectivity index (χ1v) is 9.01. The second-order valence-electron chi connectivity index (χ2n) is 6.49. The summed E-state index contributed by atoms with van der Waals surface area (Å²) in [5.74, 6) is 0.723. The zero-order valence-corrected chi connectivity index (χ0v) is 15.6. The molecule has 0 aliphatic carbocycles. The van der Waals surface area contributed by atoms with E-state index in [1.54, 1.807) is 0 Å². The summed E-state index contributed by atoms with van der Waals surface area (Å²) >= 11 is 3.69. The van der Waals surface area contributed by atoms with Crippen LogP contribution < -0.4 is 0 Å². The van der Waals surface area contributed by atoms with Crippen LogP contribution in [0.2, 0.25) is 0 Å². The monoisotopic (exact) mass is 334 g/mol. The lowest BCUT2D eigenvalue weighted by Gasteiger charge is -2.34. The molecule has 0 aliphatic rings. The highest BCUT2D eigenvalue weighted by Gasteiger charge is 2.25. The molecule has 19 heavy (non-hydrogen) atoms. The Morgan fingerprint density at radius 1 is 0.895 bits per heavy atom. The first kappa shape index (κ1) is 19.4. The Kier molecular flexibility index (Phi) is 10.4. The topological polar surface area (TPSA) is 6.48 Å². The summed E-state index contributed by atoms with van der Waals surface area (Å²) in [6.45, 7) is 21.0. The van der Waals surface area contributed by atoms with Gasteiger partial charge in [0.25, 0.3) is 0 Å². The Morgan fingerprint density at radius 2 is 1.37 bits per heavy atom. The molecule has 0 fully saturated rings. The third-order valence-electron chi connectivity index (χ3n) is 4.18. The van der Waals surface area contributed by atoms with Crippen LogP contribution >= 0.6 is 15.9 Å². The lowest BCUT2D eigenvalue weighted by atomic mass is 9.82. The molecule has 0 N–H and O–H groups in total. The molecular formula is C16H35BrN2. The van der Waals surface area contributed by atoms with Gasteiger partial charge in [0.1, 0.15) is 0 Å². The van der Waals surface area contributed by atoms with Crippen LogP contribution in [0.5, 0.6) is 0 Å². The molecule has 0 aromatic heterocycles. The summed E-state index contributed by atoms with van der Waals surface area (Å²) in [5, 5.41) is 1.10. The highest BCUT2D eigenvalue weighted by molar-refractivity contribution is 9.09. The predicted molar refractivity (Wildman–Crippen MR) is 91.3 cm³/mol. The minimum atomic E-state index is 0.385. The maximum absolute atomic E-state index is 3.69. The Labute approximate surface area is 130 Å². The molecule has 1 atom stereocenters. The Balaban J connectivity index is 4.13. The van der Waals surface area contributed by atoms with E-state index in [0.29, 0.717) is 5.41 Å². The number of hydrogen-bond donors (Lipinski definition) is 0. The summed E-state index contributed by atoms with van der Waals surface area (Å²) in [4.78, 5) is 5.13. The number of rotatable bonds is 10. The second kappa shape index (κ2) is 10.2. The number of nitrogens with zero attached hydrogens (tertiary/aromatic N) is 2. The van der Waals surface area contributed by atoms with Crippen LogP contribution in [-0.4, -0.2) is 54.4 Å². The van der Waals surface area contributed by atoms with Crippen LogP contribution in [0.4, 0.5) is 0 Å². The maximum atomic E-state index is 3.69. The van der Waals surface area contributed by atoms with Gasteiger partial charge in [-0.1, -0.05) is 57.5 Å². The molecule has 0 bridgehead atoms. The van der Waals surface area contributed by atoms with Gasteiger partial charge in [0.2, 0.25) is 0 Å². The van der Waals surface area contributed by atoms with Crippen molar-refractivity contribution in [3.05, 3.63) is 0 Å². The molecule has 0 heterocycles. The summed E-state index contributed by atoms with van der Waals surface area (Å²) in [5.41, 5.74) is 0.385. The average Bonchev–Trinajstić information content (AvgIpc) is 2.36. The zero-order chi connectivity index (χ0) is 14.9. The van der Waals surface area contributed by atoms with E-state index < -0.39 is 0 Å². The number of halogens is 1. The van der Waals surface area contributed by atoms with Gasteiger partial charge in [-0.2, -0.15) is 0 Å². The van der Waals surface area contributed by atoms with E-state index >= 15 is 0 Å². The van der Waals surface area contributed by atoms with Gasteiger partial charge in [-0.25, -0.2) is 0 Å². The lowest BCUT2D eigenvalue weighted by Crippen LogP contribution is -2.38. The summed E-state index contributed by atoms with van der Waals surface area (Å²) in [6.07, 6.45) is 1.29. The standard InChI is InChI=1S/C16H35BrN2/c1-7-18(8-2)11-10-12-19(9-3)14-15(13-17)16(4,5)6/h15H,7-14H2,1-6H3. The third kappa shape index (κ3) is 8.31. The number of hydrogen-bond acceptors (Lipinski definition) is 2. The highest BCUT2D eigenvalue weighted by Crippen LogP contribution is 2.28. The fourth-order valence-corrected chi connectivity index (χ4v) is 3.48. The maximum Gasteiger partial charge on any atom is 0.00768 e. The first-order chi connectivity index (χ1) is 8.88. The Bertz CT molecular complexity index is 209. The van der Waals surface area contributed by atoms with E-state index in [4.69, 9.17) is 0 Å². The van der Waals surface area contributed by atoms with Crippen molar-refractivity contribution >= 4 is 15.9 Å². The molecular weight excluding hydrogens is 300 g/mol. The first-order valence-electron chi connectivity index (χ1n) is 7.89. The molecule has 0 aliphatic heterocycles. The molecule has 0 radical (unpaired) electrons. The highest BCUT2D eigenvalue weighted by atomic mass is 79.9. The van der Waals surface area contributed by atoms with Crippen molar-refractivity contribution in [2.45, 2.75) is 48.0 Å². The van der Waals surface area contributed by atoms with Crippen LogP contribution in [0.15, 0.2) is 0 Å². The van der Waals surface area contributed by atoms with E-state index in [0.717, 1.165) is 17.8 Å². The van der Waals surface area contributed by atoms with Crippen LogP contribution in [-0.2, 0) is 0 Å².